The zero-order chi connectivity index (χ0) is 18.8. The number of hydrogen-bond acceptors (Lipinski definition) is 3. The number of anilines is 1. The van der Waals surface area contributed by atoms with Gasteiger partial charge in [0.05, 0.1) is 6.33 Å². The lowest BCUT2D eigenvalue weighted by Gasteiger charge is -2.33. The number of benzene rings is 1. The van der Waals surface area contributed by atoms with E-state index >= 15 is 0 Å². The van der Waals surface area contributed by atoms with E-state index in [4.69, 9.17) is 11.6 Å². The Morgan fingerprint density at radius 2 is 2.22 bits per heavy atom. The normalized spacial score (nSPS) is 17.3. The summed E-state index contributed by atoms with van der Waals surface area (Å²) in [5.74, 6) is 0.380. The number of carbonyl (C=O) groups is 1. The third-order valence-corrected chi connectivity index (χ3v) is 5.47. The number of halogens is 1. The SMILES string of the molecule is Cc1ccc(NC(=O)N2CCCC(Cn3cnc4cccnc43)C2)cc1Cl. The molecule has 0 radical (unpaired) electrons. The Morgan fingerprint density at radius 3 is 3.07 bits per heavy atom. The first kappa shape index (κ1) is 17.8. The molecule has 0 spiro atoms. The van der Waals surface area contributed by atoms with E-state index in [0.717, 1.165) is 54.9 Å². The van der Waals surface area contributed by atoms with E-state index in [0.29, 0.717) is 10.9 Å². The fourth-order valence-corrected chi connectivity index (χ4v) is 3.76. The van der Waals surface area contributed by atoms with Crippen molar-refractivity contribution in [3.8, 4) is 0 Å². The van der Waals surface area contributed by atoms with E-state index in [2.05, 4.69) is 19.9 Å². The van der Waals surface area contributed by atoms with Crippen molar-refractivity contribution < 1.29 is 4.79 Å². The molecule has 1 aromatic carbocycles. The lowest BCUT2D eigenvalue weighted by Crippen LogP contribution is -2.43. The third-order valence-electron chi connectivity index (χ3n) is 5.06. The fourth-order valence-electron chi connectivity index (χ4n) is 3.58. The first-order chi connectivity index (χ1) is 13.1. The van der Waals surface area contributed by atoms with Gasteiger partial charge >= 0.3 is 6.03 Å². The lowest BCUT2D eigenvalue weighted by atomic mass is 9.98. The molecule has 7 heteroatoms. The van der Waals surface area contributed by atoms with Crippen LogP contribution in [0.15, 0.2) is 42.9 Å². The quantitative estimate of drug-likeness (QED) is 0.731. The molecule has 1 aliphatic heterocycles. The molecule has 3 heterocycles. The zero-order valence-corrected chi connectivity index (χ0v) is 16.0. The van der Waals surface area contributed by atoms with Gasteiger partial charge in [0.25, 0.3) is 0 Å². The summed E-state index contributed by atoms with van der Waals surface area (Å²) < 4.78 is 2.08. The Hall–Kier alpha value is -2.60. The number of imidazole rings is 1. The molecule has 1 aliphatic rings. The third kappa shape index (κ3) is 3.90. The van der Waals surface area contributed by atoms with Crippen LogP contribution < -0.4 is 5.32 Å². The molecule has 4 rings (SSSR count). The maximum absolute atomic E-state index is 12.7. The van der Waals surface area contributed by atoms with E-state index in [1.807, 2.05) is 42.4 Å². The van der Waals surface area contributed by atoms with Crippen molar-refractivity contribution >= 4 is 34.5 Å². The summed E-state index contributed by atoms with van der Waals surface area (Å²) in [4.78, 5) is 23.4. The molecular formula is C20H22ClN5O. The maximum Gasteiger partial charge on any atom is 0.321 e. The summed E-state index contributed by atoms with van der Waals surface area (Å²) >= 11 is 6.15. The molecular weight excluding hydrogens is 362 g/mol. The van der Waals surface area contributed by atoms with Crippen molar-refractivity contribution in [1.82, 2.24) is 19.4 Å². The number of aromatic nitrogens is 3. The molecule has 0 saturated carbocycles. The van der Waals surface area contributed by atoms with E-state index in [1.54, 1.807) is 12.3 Å². The van der Waals surface area contributed by atoms with Crippen molar-refractivity contribution in [2.24, 2.45) is 5.92 Å². The van der Waals surface area contributed by atoms with Crippen molar-refractivity contribution in [2.75, 3.05) is 18.4 Å². The Morgan fingerprint density at radius 1 is 1.33 bits per heavy atom. The van der Waals surface area contributed by atoms with Crippen molar-refractivity contribution in [3.63, 3.8) is 0 Å². The molecule has 3 aromatic rings. The molecule has 1 unspecified atom stereocenters. The molecule has 2 amide bonds. The number of aryl methyl sites for hydroxylation is 1. The van der Waals surface area contributed by atoms with Crippen molar-refractivity contribution in [1.29, 1.82) is 0 Å². The predicted molar refractivity (Wildman–Crippen MR) is 107 cm³/mol. The summed E-state index contributed by atoms with van der Waals surface area (Å²) in [6.45, 7) is 4.24. The van der Waals surface area contributed by atoms with Crippen LogP contribution in [0.4, 0.5) is 10.5 Å². The molecule has 0 bridgehead atoms. The summed E-state index contributed by atoms with van der Waals surface area (Å²) in [7, 11) is 0. The predicted octanol–water partition coefficient (Wildman–Crippen LogP) is 4.34. The van der Waals surface area contributed by atoms with Crippen molar-refractivity contribution in [3.05, 3.63) is 53.4 Å². The summed E-state index contributed by atoms with van der Waals surface area (Å²) in [5.41, 5.74) is 3.52. The van der Waals surface area contributed by atoms with Gasteiger partial charge in [0.1, 0.15) is 5.52 Å². The topological polar surface area (TPSA) is 63.1 Å². The highest BCUT2D eigenvalue weighted by atomic mass is 35.5. The first-order valence-corrected chi connectivity index (χ1v) is 9.56. The monoisotopic (exact) mass is 383 g/mol. The minimum atomic E-state index is -0.0757. The van der Waals surface area contributed by atoms with Gasteiger partial charge in [0.15, 0.2) is 5.65 Å². The van der Waals surface area contributed by atoms with Crippen LogP contribution >= 0.6 is 11.6 Å². The molecule has 6 nitrogen and oxygen atoms in total. The number of amides is 2. The summed E-state index contributed by atoms with van der Waals surface area (Å²) in [5, 5.41) is 3.62. The van der Waals surface area contributed by atoms with Crippen LogP contribution in [0.2, 0.25) is 5.02 Å². The van der Waals surface area contributed by atoms with Gasteiger partial charge < -0.3 is 14.8 Å². The minimum Gasteiger partial charge on any atom is -0.324 e. The number of hydrogen-bond donors (Lipinski definition) is 1. The fraction of sp³-hybridized carbons (Fsp3) is 0.350. The molecule has 1 N–H and O–H groups in total. The second-order valence-electron chi connectivity index (χ2n) is 7.09. The van der Waals surface area contributed by atoms with Crippen LogP contribution in [0, 0.1) is 12.8 Å². The second kappa shape index (κ2) is 7.56. The van der Waals surface area contributed by atoms with Crippen LogP contribution in [-0.2, 0) is 6.54 Å². The lowest BCUT2D eigenvalue weighted by molar-refractivity contribution is 0.171. The van der Waals surface area contributed by atoms with Gasteiger partial charge in [0, 0.05) is 36.5 Å². The van der Waals surface area contributed by atoms with Crippen LogP contribution in [-0.4, -0.2) is 38.6 Å². The number of fused-ring (bicyclic) bond motifs is 1. The molecule has 0 aliphatic carbocycles. The Labute approximate surface area is 163 Å². The summed E-state index contributed by atoms with van der Waals surface area (Å²) in [6, 6.07) is 9.36. The number of pyridine rings is 1. The highest BCUT2D eigenvalue weighted by molar-refractivity contribution is 6.31. The number of nitrogens with zero attached hydrogens (tertiary/aromatic N) is 4. The van der Waals surface area contributed by atoms with Gasteiger partial charge in [-0.2, -0.15) is 0 Å². The highest BCUT2D eigenvalue weighted by Gasteiger charge is 2.24. The van der Waals surface area contributed by atoms with E-state index < -0.39 is 0 Å². The average Bonchev–Trinajstić information content (AvgIpc) is 3.08. The molecule has 1 fully saturated rings. The molecule has 2 aromatic heterocycles. The number of nitrogens with one attached hydrogen (secondary N) is 1. The van der Waals surface area contributed by atoms with Gasteiger partial charge in [-0.05, 0) is 55.5 Å². The maximum atomic E-state index is 12.7. The van der Waals surface area contributed by atoms with Gasteiger partial charge in [-0.3, -0.25) is 0 Å². The average molecular weight is 384 g/mol. The second-order valence-corrected chi connectivity index (χ2v) is 7.50. The van der Waals surface area contributed by atoms with Crippen LogP contribution in [0.5, 0.6) is 0 Å². The highest BCUT2D eigenvalue weighted by Crippen LogP contribution is 2.23. The Bertz CT molecular complexity index is 970. The van der Waals surface area contributed by atoms with Crippen LogP contribution in [0.3, 0.4) is 0 Å². The molecule has 140 valence electrons. The van der Waals surface area contributed by atoms with E-state index in [9.17, 15) is 4.79 Å². The largest absolute Gasteiger partial charge is 0.324 e. The number of likely N-dealkylation sites (tertiary alicyclic amines) is 1. The van der Waals surface area contributed by atoms with Crippen LogP contribution in [0.25, 0.3) is 11.2 Å². The smallest absolute Gasteiger partial charge is 0.321 e. The number of piperidine rings is 1. The Kier molecular flexibility index (Phi) is 4.99. The standard InChI is InChI=1S/C20H22ClN5O/c1-14-6-7-16(10-17(14)21)24-20(27)25-9-3-4-15(11-25)12-26-13-23-18-5-2-8-22-19(18)26/h2,5-8,10,13,15H,3-4,9,11-12H2,1H3,(H,24,27). The summed E-state index contributed by atoms with van der Waals surface area (Å²) in [6.07, 6.45) is 5.71. The number of carbonyl (C=O) groups excluding carboxylic acids is 1. The molecule has 27 heavy (non-hydrogen) atoms. The van der Waals surface area contributed by atoms with E-state index in [-0.39, 0.29) is 6.03 Å². The Balaban J connectivity index is 1.41. The minimum absolute atomic E-state index is 0.0757. The zero-order valence-electron chi connectivity index (χ0n) is 15.2. The van der Waals surface area contributed by atoms with Crippen LogP contribution in [0.1, 0.15) is 18.4 Å². The first-order valence-electron chi connectivity index (χ1n) is 9.18. The number of rotatable bonds is 3. The van der Waals surface area contributed by atoms with Gasteiger partial charge in [-0.15, -0.1) is 0 Å². The van der Waals surface area contributed by atoms with Gasteiger partial charge in [-0.1, -0.05) is 17.7 Å². The van der Waals surface area contributed by atoms with Gasteiger partial charge in [0.2, 0.25) is 0 Å². The van der Waals surface area contributed by atoms with Gasteiger partial charge in [-0.25, -0.2) is 14.8 Å². The van der Waals surface area contributed by atoms with Crippen molar-refractivity contribution in [2.45, 2.75) is 26.3 Å². The molecule has 1 saturated heterocycles. The van der Waals surface area contributed by atoms with E-state index in [1.165, 1.54) is 0 Å². The number of urea groups is 1. The molecule has 1 atom stereocenters.